The van der Waals surface area contributed by atoms with E-state index in [4.69, 9.17) is 4.74 Å². The molecular weight excluding hydrogens is 144 g/mol. The van der Waals surface area contributed by atoms with Crippen LogP contribution in [0, 0.1) is 0 Å². The van der Waals surface area contributed by atoms with Gasteiger partial charge in [-0.25, -0.2) is 4.79 Å². The molecule has 4 nitrogen and oxygen atoms in total. The minimum absolute atomic E-state index is 0.0649. The van der Waals surface area contributed by atoms with Crippen molar-refractivity contribution in [3.8, 4) is 0 Å². The zero-order chi connectivity index (χ0) is 8.27. The van der Waals surface area contributed by atoms with E-state index in [1.807, 2.05) is 0 Å². The van der Waals surface area contributed by atoms with Gasteiger partial charge in [0.25, 0.3) is 0 Å². The van der Waals surface area contributed by atoms with Crippen molar-refractivity contribution in [3.05, 3.63) is 0 Å². The number of carbonyl (C=O) groups is 1. The molecule has 0 unspecified atom stereocenters. The van der Waals surface area contributed by atoms with Gasteiger partial charge >= 0.3 is 6.09 Å². The Morgan fingerprint density at radius 2 is 2.36 bits per heavy atom. The molecule has 64 valence electrons. The lowest BCUT2D eigenvalue weighted by molar-refractivity contribution is 0.0677. The quantitative estimate of drug-likeness (QED) is 0.600. The molecule has 11 heavy (non-hydrogen) atoms. The normalized spacial score (nSPS) is 23.3. The molecule has 0 aromatic carbocycles. The summed E-state index contributed by atoms with van der Waals surface area (Å²) in [6, 6.07) is 0. The highest BCUT2D eigenvalue weighted by molar-refractivity contribution is 5.66. The average molecular weight is 158 g/mol. The molecule has 1 N–H and O–H groups in total. The van der Waals surface area contributed by atoms with E-state index >= 15 is 0 Å². The van der Waals surface area contributed by atoms with Crippen LogP contribution in [0.3, 0.4) is 0 Å². The molecule has 0 saturated carbocycles. The van der Waals surface area contributed by atoms with Gasteiger partial charge in [-0.1, -0.05) is 0 Å². The summed E-state index contributed by atoms with van der Waals surface area (Å²) in [5.74, 6) is 0. The van der Waals surface area contributed by atoms with Gasteiger partial charge in [0.2, 0.25) is 0 Å². The fourth-order valence-corrected chi connectivity index (χ4v) is 0.980. The molecule has 0 spiro atoms. The second kappa shape index (κ2) is 3.57. The minimum atomic E-state index is -0.274. The van der Waals surface area contributed by atoms with Crippen LogP contribution in [0.25, 0.3) is 0 Å². The molecule has 1 heterocycles. The van der Waals surface area contributed by atoms with Gasteiger partial charge < -0.3 is 9.64 Å². The Bertz CT molecular complexity index is 141. The molecule has 1 aliphatic heterocycles. The van der Waals surface area contributed by atoms with Crippen LogP contribution in [0.5, 0.6) is 0 Å². The topological polar surface area (TPSA) is 41.6 Å². The van der Waals surface area contributed by atoms with Gasteiger partial charge in [-0.05, 0) is 19.4 Å². The van der Waals surface area contributed by atoms with Gasteiger partial charge in [0.05, 0.1) is 0 Å². The van der Waals surface area contributed by atoms with Crippen molar-refractivity contribution in [3.63, 3.8) is 0 Å². The predicted molar refractivity (Wildman–Crippen MR) is 41.2 cm³/mol. The Balaban J connectivity index is 2.24. The van der Waals surface area contributed by atoms with Crippen molar-refractivity contribution in [2.24, 2.45) is 0 Å². The smallest absolute Gasteiger partial charge is 0.410 e. The third-order valence-electron chi connectivity index (χ3n) is 1.62. The summed E-state index contributed by atoms with van der Waals surface area (Å²) in [5.41, 5.74) is 0. The molecule has 1 amide bonds. The van der Waals surface area contributed by atoms with E-state index in [1.54, 1.807) is 14.1 Å². The molecule has 4 heteroatoms. The van der Waals surface area contributed by atoms with Crippen molar-refractivity contribution in [1.82, 2.24) is 10.2 Å². The summed E-state index contributed by atoms with van der Waals surface area (Å²) >= 11 is 0. The van der Waals surface area contributed by atoms with Crippen LogP contribution in [-0.4, -0.2) is 37.9 Å². The maximum atomic E-state index is 11.0. The van der Waals surface area contributed by atoms with E-state index < -0.39 is 0 Å². The van der Waals surface area contributed by atoms with Crippen molar-refractivity contribution in [1.29, 1.82) is 0 Å². The maximum absolute atomic E-state index is 11.0. The van der Waals surface area contributed by atoms with Crippen LogP contribution in [0.15, 0.2) is 0 Å². The summed E-state index contributed by atoms with van der Waals surface area (Å²) in [5, 5.41) is 3.07. The molecule has 1 saturated heterocycles. The summed E-state index contributed by atoms with van der Waals surface area (Å²) in [7, 11) is 3.36. The third kappa shape index (κ3) is 2.38. The van der Waals surface area contributed by atoms with Gasteiger partial charge in [-0.2, -0.15) is 0 Å². The molecule has 0 aromatic rings. The van der Waals surface area contributed by atoms with Crippen LogP contribution in [0.4, 0.5) is 4.79 Å². The first-order chi connectivity index (χ1) is 5.20. The van der Waals surface area contributed by atoms with Crippen molar-refractivity contribution in [2.75, 3.05) is 20.6 Å². The van der Waals surface area contributed by atoms with E-state index in [0.717, 1.165) is 19.4 Å². The van der Waals surface area contributed by atoms with E-state index in [0.29, 0.717) is 0 Å². The summed E-state index contributed by atoms with van der Waals surface area (Å²) in [6.07, 6.45) is 1.68. The molecule has 1 aliphatic rings. The molecule has 0 aliphatic carbocycles. The standard InChI is InChI=1S/C7H14N2O2/c1-9(2)7(10)11-6-4-3-5-8-6/h6,8H,3-5H2,1-2H3/t6-/m0/s1. The number of hydrogen-bond acceptors (Lipinski definition) is 3. The number of ether oxygens (including phenoxy) is 1. The van der Waals surface area contributed by atoms with Gasteiger partial charge in [-0.3, -0.25) is 5.32 Å². The number of nitrogens with zero attached hydrogens (tertiary/aromatic N) is 1. The lowest BCUT2D eigenvalue weighted by Gasteiger charge is -2.15. The third-order valence-corrected chi connectivity index (χ3v) is 1.62. The molecule has 0 radical (unpaired) electrons. The highest BCUT2D eigenvalue weighted by Gasteiger charge is 2.18. The Kier molecular flexibility index (Phi) is 2.70. The van der Waals surface area contributed by atoms with Gasteiger partial charge in [-0.15, -0.1) is 0 Å². The number of nitrogens with one attached hydrogen (secondary N) is 1. The minimum Gasteiger partial charge on any atom is -0.430 e. The lowest BCUT2D eigenvalue weighted by atomic mass is 10.4. The average Bonchev–Trinajstić information content (AvgIpc) is 2.39. The van der Waals surface area contributed by atoms with Crippen LogP contribution in [0.1, 0.15) is 12.8 Å². The Labute approximate surface area is 66.5 Å². The molecule has 1 atom stereocenters. The SMILES string of the molecule is CN(C)C(=O)O[C@H]1CCCN1. The number of amides is 1. The van der Waals surface area contributed by atoms with Gasteiger partial charge in [0, 0.05) is 14.1 Å². The number of hydrogen-bond donors (Lipinski definition) is 1. The van der Waals surface area contributed by atoms with Crippen LogP contribution < -0.4 is 5.32 Å². The fraction of sp³-hybridized carbons (Fsp3) is 0.857. The molecule has 0 aromatic heterocycles. The van der Waals surface area contributed by atoms with Crippen LogP contribution in [-0.2, 0) is 4.74 Å². The van der Waals surface area contributed by atoms with Crippen LogP contribution >= 0.6 is 0 Å². The number of rotatable bonds is 1. The summed E-state index contributed by atoms with van der Waals surface area (Å²) < 4.78 is 5.05. The van der Waals surface area contributed by atoms with E-state index in [2.05, 4.69) is 5.32 Å². The van der Waals surface area contributed by atoms with Gasteiger partial charge in [0.1, 0.15) is 0 Å². The lowest BCUT2D eigenvalue weighted by Crippen LogP contribution is -2.33. The Hall–Kier alpha value is -0.770. The van der Waals surface area contributed by atoms with Crippen LogP contribution in [0.2, 0.25) is 0 Å². The van der Waals surface area contributed by atoms with E-state index in [-0.39, 0.29) is 12.3 Å². The zero-order valence-electron chi connectivity index (χ0n) is 6.96. The van der Waals surface area contributed by atoms with Crippen molar-refractivity contribution in [2.45, 2.75) is 19.1 Å². The zero-order valence-corrected chi connectivity index (χ0v) is 6.96. The van der Waals surface area contributed by atoms with E-state index in [1.165, 1.54) is 4.90 Å². The Morgan fingerprint density at radius 3 is 2.82 bits per heavy atom. The Morgan fingerprint density at radius 1 is 1.64 bits per heavy atom. The highest BCUT2D eigenvalue weighted by Crippen LogP contribution is 2.06. The van der Waals surface area contributed by atoms with Crippen molar-refractivity contribution < 1.29 is 9.53 Å². The second-order valence-corrected chi connectivity index (χ2v) is 2.86. The first kappa shape index (κ1) is 8.33. The van der Waals surface area contributed by atoms with Crippen molar-refractivity contribution >= 4 is 6.09 Å². The fourth-order valence-electron chi connectivity index (χ4n) is 0.980. The summed E-state index contributed by atoms with van der Waals surface area (Å²) in [4.78, 5) is 12.4. The molecule has 0 bridgehead atoms. The first-order valence-electron chi connectivity index (χ1n) is 3.81. The molecule has 1 rings (SSSR count). The van der Waals surface area contributed by atoms with E-state index in [9.17, 15) is 4.79 Å². The first-order valence-corrected chi connectivity index (χ1v) is 3.81. The summed E-state index contributed by atoms with van der Waals surface area (Å²) in [6.45, 7) is 0.950. The monoisotopic (exact) mass is 158 g/mol. The predicted octanol–water partition coefficient (Wildman–Crippen LogP) is 0.394. The number of carbonyl (C=O) groups excluding carboxylic acids is 1. The maximum Gasteiger partial charge on any atom is 0.410 e. The molecule has 1 fully saturated rings. The second-order valence-electron chi connectivity index (χ2n) is 2.86. The molecular formula is C7H14N2O2. The largest absolute Gasteiger partial charge is 0.430 e. The van der Waals surface area contributed by atoms with Gasteiger partial charge in [0.15, 0.2) is 6.23 Å². The highest BCUT2D eigenvalue weighted by atomic mass is 16.6.